The van der Waals surface area contributed by atoms with E-state index >= 15 is 0 Å². The first kappa shape index (κ1) is 15.0. The minimum absolute atomic E-state index is 0.241. The Balaban J connectivity index is 2.25. The van der Waals surface area contributed by atoms with Gasteiger partial charge in [0.1, 0.15) is 11.6 Å². The van der Waals surface area contributed by atoms with E-state index in [2.05, 4.69) is 15.6 Å². The van der Waals surface area contributed by atoms with Crippen LogP contribution in [0.3, 0.4) is 0 Å². The molecule has 0 bridgehead atoms. The highest BCUT2D eigenvalue weighted by Gasteiger charge is 2.10. The SMILES string of the molecule is CCc1cc(C(=O)Nc2ccc(F)c(C)c2)cc(NC)n1. The summed E-state index contributed by atoms with van der Waals surface area (Å²) in [5.74, 6) is 0.118. The number of pyridine rings is 1. The van der Waals surface area contributed by atoms with Crippen molar-refractivity contribution in [1.82, 2.24) is 4.98 Å². The van der Waals surface area contributed by atoms with Gasteiger partial charge in [-0.2, -0.15) is 0 Å². The molecule has 0 unspecified atom stereocenters. The van der Waals surface area contributed by atoms with Gasteiger partial charge in [-0.15, -0.1) is 0 Å². The Morgan fingerprint density at radius 3 is 2.67 bits per heavy atom. The van der Waals surface area contributed by atoms with E-state index in [0.717, 1.165) is 12.1 Å². The lowest BCUT2D eigenvalue weighted by Gasteiger charge is -2.09. The standard InChI is InChI=1S/C16H18FN3O/c1-4-12-8-11(9-15(18-3)19-12)16(21)20-13-5-6-14(17)10(2)7-13/h5-9H,4H2,1-3H3,(H,18,19)(H,20,21). The van der Waals surface area contributed by atoms with E-state index in [-0.39, 0.29) is 11.7 Å². The predicted octanol–water partition coefficient (Wildman–Crippen LogP) is 3.39. The zero-order valence-corrected chi connectivity index (χ0v) is 12.3. The van der Waals surface area contributed by atoms with Gasteiger partial charge in [-0.05, 0) is 49.2 Å². The van der Waals surface area contributed by atoms with E-state index in [1.807, 2.05) is 6.92 Å². The molecule has 2 N–H and O–H groups in total. The van der Waals surface area contributed by atoms with E-state index in [4.69, 9.17) is 0 Å². The lowest BCUT2D eigenvalue weighted by Crippen LogP contribution is -2.13. The summed E-state index contributed by atoms with van der Waals surface area (Å²) in [7, 11) is 1.76. The molecule has 21 heavy (non-hydrogen) atoms. The fourth-order valence-corrected chi connectivity index (χ4v) is 1.95. The number of carbonyl (C=O) groups excluding carboxylic acids is 1. The summed E-state index contributed by atoms with van der Waals surface area (Å²) in [5, 5.41) is 5.70. The van der Waals surface area contributed by atoms with Crippen molar-refractivity contribution in [3.05, 3.63) is 53.0 Å². The van der Waals surface area contributed by atoms with Gasteiger partial charge in [0.05, 0.1) is 0 Å². The molecule has 2 aromatic rings. The summed E-state index contributed by atoms with van der Waals surface area (Å²) in [6, 6.07) is 7.93. The number of carbonyl (C=O) groups is 1. The first-order valence-electron chi connectivity index (χ1n) is 6.79. The van der Waals surface area contributed by atoms with Crippen LogP contribution in [0.5, 0.6) is 0 Å². The van der Waals surface area contributed by atoms with E-state index in [1.165, 1.54) is 6.07 Å². The first-order valence-corrected chi connectivity index (χ1v) is 6.79. The summed E-state index contributed by atoms with van der Waals surface area (Å²) in [6.07, 6.45) is 0.742. The second kappa shape index (κ2) is 6.35. The second-order valence-corrected chi connectivity index (χ2v) is 4.75. The Kier molecular flexibility index (Phi) is 4.52. The van der Waals surface area contributed by atoms with Gasteiger partial charge in [-0.25, -0.2) is 9.37 Å². The smallest absolute Gasteiger partial charge is 0.255 e. The molecule has 1 aromatic heterocycles. The molecule has 0 atom stereocenters. The third-order valence-electron chi connectivity index (χ3n) is 3.17. The van der Waals surface area contributed by atoms with Gasteiger partial charge in [-0.1, -0.05) is 6.92 Å². The lowest BCUT2D eigenvalue weighted by molar-refractivity contribution is 0.102. The number of anilines is 2. The Bertz CT molecular complexity index is 648. The number of rotatable bonds is 4. The number of nitrogens with zero attached hydrogens (tertiary/aromatic N) is 1. The second-order valence-electron chi connectivity index (χ2n) is 4.75. The zero-order chi connectivity index (χ0) is 15.4. The molecule has 4 nitrogen and oxygen atoms in total. The maximum atomic E-state index is 13.2. The van der Waals surface area contributed by atoms with Crippen LogP contribution in [0, 0.1) is 12.7 Å². The molecule has 1 heterocycles. The van der Waals surface area contributed by atoms with Gasteiger partial charge in [0.25, 0.3) is 5.91 Å². The fourth-order valence-electron chi connectivity index (χ4n) is 1.95. The largest absolute Gasteiger partial charge is 0.373 e. The van der Waals surface area contributed by atoms with E-state index in [0.29, 0.717) is 22.6 Å². The quantitative estimate of drug-likeness (QED) is 0.906. The van der Waals surface area contributed by atoms with Gasteiger partial charge >= 0.3 is 0 Å². The number of aromatic nitrogens is 1. The summed E-state index contributed by atoms with van der Waals surface area (Å²) in [6.45, 7) is 3.64. The zero-order valence-electron chi connectivity index (χ0n) is 12.3. The molecule has 0 aliphatic heterocycles. The molecule has 1 amide bonds. The van der Waals surface area contributed by atoms with Gasteiger partial charge < -0.3 is 10.6 Å². The summed E-state index contributed by atoms with van der Waals surface area (Å²) in [5.41, 5.74) is 2.42. The molecule has 0 saturated heterocycles. The van der Waals surface area contributed by atoms with Crippen LogP contribution in [0.1, 0.15) is 28.5 Å². The highest BCUT2D eigenvalue weighted by Crippen LogP contribution is 2.16. The number of hydrogen-bond acceptors (Lipinski definition) is 3. The summed E-state index contributed by atoms with van der Waals surface area (Å²) >= 11 is 0. The van der Waals surface area contributed by atoms with Gasteiger partial charge in [0.2, 0.25) is 0 Å². The van der Waals surface area contributed by atoms with Crippen LogP contribution in [0.25, 0.3) is 0 Å². The molecule has 5 heteroatoms. The Morgan fingerprint density at radius 1 is 1.29 bits per heavy atom. The monoisotopic (exact) mass is 287 g/mol. The van der Waals surface area contributed by atoms with Gasteiger partial charge in [0, 0.05) is 24.0 Å². The Labute approximate surface area is 123 Å². The summed E-state index contributed by atoms with van der Waals surface area (Å²) < 4.78 is 13.2. The van der Waals surface area contributed by atoms with Crippen LogP contribution in [0.4, 0.5) is 15.9 Å². The van der Waals surface area contributed by atoms with Crippen molar-refractivity contribution in [2.24, 2.45) is 0 Å². The molecular formula is C16H18FN3O. The number of aryl methyl sites for hydroxylation is 2. The Morgan fingerprint density at radius 2 is 2.05 bits per heavy atom. The van der Waals surface area contributed by atoms with Crippen LogP contribution >= 0.6 is 0 Å². The molecule has 0 aliphatic rings. The lowest BCUT2D eigenvalue weighted by atomic mass is 10.1. The molecule has 2 rings (SSSR count). The highest BCUT2D eigenvalue weighted by molar-refractivity contribution is 6.04. The van der Waals surface area contributed by atoms with E-state index in [9.17, 15) is 9.18 Å². The molecule has 0 radical (unpaired) electrons. The Hall–Kier alpha value is -2.43. The number of benzene rings is 1. The van der Waals surface area contributed by atoms with Crippen molar-refractivity contribution in [2.75, 3.05) is 17.7 Å². The van der Waals surface area contributed by atoms with Crippen LogP contribution < -0.4 is 10.6 Å². The molecule has 0 spiro atoms. The molecule has 0 aliphatic carbocycles. The molecule has 1 aromatic carbocycles. The normalized spacial score (nSPS) is 10.3. The third-order valence-corrected chi connectivity index (χ3v) is 3.17. The minimum atomic E-state index is -0.289. The van der Waals surface area contributed by atoms with Crippen LogP contribution in [0.2, 0.25) is 0 Å². The number of amides is 1. The predicted molar refractivity (Wildman–Crippen MR) is 82.3 cm³/mol. The maximum absolute atomic E-state index is 13.2. The first-order chi connectivity index (χ1) is 10.0. The van der Waals surface area contributed by atoms with Crippen molar-refractivity contribution in [1.29, 1.82) is 0 Å². The van der Waals surface area contributed by atoms with Crippen molar-refractivity contribution in [3.8, 4) is 0 Å². The van der Waals surface area contributed by atoms with Gasteiger partial charge in [-0.3, -0.25) is 4.79 Å². The van der Waals surface area contributed by atoms with Crippen LogP contribution in [-0.4, -0.2) is 17.9 Å². The van der Waals surface area contributed by atoms with Crippen LogP contribution in [0.15, 0.2) is 30.3 Å². The molecule has 110 valence electrons. The third kappa shape index (κ3) is 3.56. The van der Waals surface area contributed by atoms with E-state index in [1.54, 1.807) is 38.2 Å². The average molecular weight is 287 g/mol. The minimum Gasteiger partial charge on any atom is -0.373 e. The topological polar surface area (TPSA) is 54.0 Å². The fraction of sp³-hybridized carbons (Fsp3) is 0.250. The van der Waals surface area contributed by atoms with Crippen molar-refractivity contribution in [3.63, 3.8) is 0 Å². The number of hydrogen-bond donors (Lipinski definition) is 2. The van der Waals surface area contributed by atoms with Crippen molar-refractivity contribution < 1.29 is 9.18 Å². The summed E-state index contributed by atoms with van der Waals surface area (Å²) in [4.78, 5) is 16.6. The van der Waals surface area contributed by atoms with Crippen molar-refractivity contribution >= 4 is 17.4 Å². The number of nitrogens with one attached hydrogen (secondary N) is 2. The van der Waals surface area contributed by atoms with Crippen molar-refractivity contribution in [2.45, 2.75) is 20.3 Å². The highest BCUT2D eigenvalue weighted by atomic mass is 19.1. The maximum Gasteiger partial charge on any atom is 0.255 e. The van der Waals surface area contributed by atoms with Gasteiger partial charge in [0.15, 0.2) is 0 Å². The molecular weight excluding hydrogens is 269 g/mol. The average Bonchev–Trinajstić information content (AvgIpc) is 2.50. The molecule has 0 saturated carbocycles. The number of halogens is 1. The molecule has 0 fully saturated rings. The van der Waals surface area contributed by atoms with Crippen LogP contribution in [-0.2, 0) is 6.42 Å². The van der Waals surface area contributed by atoms with E-state index < -0.39 is 0 Å².